The lowest BCUT2D eigenvalue weighted by molar-refractivity contribution is -0.135. The molecule has 160 valence electrons. The number of piperazine rings is 1. The van der Waals surface area contributed by atoms with Crippen molar-refractivity contribution < 1.29 is 4.79 Å². The summed E-state index contributed by atoms with van der Waals surface area (Å²) in [6.07, 6.45) is 3.18. The highest BCUT2D eigenvalue weighted by Crippen LogP contribution is 2.14. The van der Waals surface area contributed by atoms with Gasteiger partial charge < -0.3 is 15.1 Å². The third kappa shape index (κ3) is 6.09. The molecule has 0 aromatic heterocycles. The van der Waals surface area contributed by atoms with E-state index in [1.54, 1.807) is 0 Å². The maximum Gasteiger partial charge on any atom is 0.239 e. The van der Waals surface area contributed by atoms with Gasteiger partial charge in [-0.2, -0.15) is 0 Å². The van der Waals surface area contributed by atoms with Crippen LogP contribution in [0.1, 0.15) is 32.3 Å². The fourth-order valence-corrected chi connectivity index (χ4v) is 4.17. The third-order valence-electron chi connectivity index (χ3n) is 5.85. The topological polar surface area (TPSA) is 51.2 Å². The maximum absolute atomic E-state index is 12.7. The van der Waals surface area contributed by atoms with Crippen molar-refractivity contribution in [1.82, 2.24) is 20.0 Å². The second-order valence-electron chi connectivity index (χ2n) is 7.84. The molecule has 0 bridgehead atoms. The van der Waals surface area contributed by atoms with Crippen molar-refractivity contribution in [2.45, 2.75) is 39.2 Å². The molecule has 0 spiro atoms. The Labute approximate surface area is 179 Å². The first kappa shape index (κ1) is 21.9. The lowest BCUT2D eigenvalue weighted by atomic mass is 10.1. The Hall–Kier alpha value is -1.79. The molecule has 1 amide bonds. The Morgan fingerprint density at radius 3 is 2.34 bits per heavy atom. The number of rotatable bonds is 6. The van der Waals surface area contributed by atoms with E-state index in [4.69, 9.17) is 16.6 Å². The van der Waals surface area contributed by atoms with E-state index in [1.165, 1.54) is 5.56 Å². The van der Waals surface area contributed by atoms with Crippen LogP contribution in [0.4, 0.5) is 0 Å². The molecular formula is C22H34ClN5O. The Morgan fingerprint density at radius 1 is 1.07 bits per heavy atom. The summed E-state index contributed by atoms with van der Waals surface area (Å²) in [5.74, 6) is 1.26. The van der Waals surface area contributed by atoms with E-state index >= 15 is 0 Å². The monoisotopic (exact) mass is 419 g/mol. The fraction of sp³-hybridized carbons (Fsp3) is 0.636. The number of aliphatic imine (C=N–C) groups is 1. The summed E-state index contributed by atoms with van der Waals surface area (Å²) in [6, 6.07) is 7.94. The van der Waals surface area contributed by atoms with Gasteiger partial charge in [0.05, 0.1) is 6.04 Å². The van der Waals surface area contributed by atoms with Gasteiger partial charge in [-0.05, 0) is 50.8 Å². The number of benzene rings is 1. The molecule has 0 saturated carbocycles. The number of nitrogens with one attached hydrogen (secondary N) is 1. The second kappa shape index (κ2) is 10.8. The van der Waals surface area contributed by atoms with Crippen LogP contribution < -0.4 is 5.32 Å². The summed E-state index contributed by atoms with van der Waals surface area (Å²) in [7, 11) is 0. The van der Waals surface area contributed by atoms with Gasteiger partial charge in [0.1, 0.15) is 0 Å². The zero-order chi connectivity index (χ0) is 20.6. The molecule has 0 aliphatic carbocycles. The molecule has 2 heterocycles. The summed E-state index contributed by atoms with van der Waals surface area (Å²) < 4.78 is 0. The number of amides is 1. The van der Waals surface area contributed by atoms with E-state index < -0.39 is 0 Å². The summed E-state index contributed by atoms with van der Waals surface area (Å²) in [6.45, 7) is 11.2. The Morgan fingerprint density at radius 2 is 1.72 bits per heavy atom. The summed E-state index contributed by atoms with van der Waals surface area (Å²) in [5.41, 5.74) is 1.24. The first-order valence-corrected chi connectivity index (χ1v) is 11.3. The summed E-state index contributed by atoms with van der Waals surface area (Å²) >= 11 is 5.96. The molecular weight excluding hydrogens is 386 g/mol. The zero-order valence-electron chi connectivity index (χ0n) is 17.7. The molecule has 1 unspecified atom stereocenters. The van der Waals surface area contributed by atoms with Crippen LogP contribution >= 0.6 is 11.6 Å². The third-order valence-corrected chi connectivity index (χ3v) is 6.10. The molecule has 2 aliphatic rings. The fourth-order valence-electron chi connectivity index (χ4n) is 4.05. The van der Waals surface area contributed by atoms with Gasteiger partial charge in [-0.1, -0.05) is 23.7 Å². The number of hydrogen-bond donors (Lipinski definition) is 1. The number of hydrogen-bond acceptors (Lipinski definition) is 3. The van der Waals surface area contributed by atoms with E-state index in [9.17, 15) is 4.79 Å². The molecule has 6 nitrogen and oxygen atoms in total. The van der Waals surface area contributed by atoms with Crippen LogP contribution in [0.15, 0.2) is 29.3 Å². The highest BCUT2D eigenvalue weighted by Gasteiger charge is 2.30. The van der Waals surface area contributed by atoms with Gasteiger partial charge in [0.2, 0.25) is 5.91 Å². The molecule has 0 radical (unpaired) electrons. The van der Waals surface area contributed by atoms with Crippen LogP contribution in [-0.4, -0.2) is 85.0 Å². The highest BCUT2D eigenvalue weighted by atomic mass is 35.5. The predicted molar refractivity (Wildman–Crippen MR) is 120 cm³/mol. The van der Waals surface area contributed by atoms with Gasteiger partial charge >= 0.3 is 0 Å². The zero-order valence-corrected chi connectivity index (χ0v) is 18.5. The normalized spacial score (nSPS) is 19.5. The SMILES string of the molecule is CCNC(=NCCc1ccc(Cl)cc1)N1CCN(C(C)C(=O)N2CCCC2)CC1. The average Bonchev–Trinajstić information content (AvgIpc) is 3.28. The number of carbonyl (C=O) groups is 1. The number of carbonyl (C=O) groups excluding carboxylic acids is 1. The summed E-state index contributed by atoms with van der Waals surface area (Å²) in [4.78, 5) is 24.2. The number of halogens is 1. The van der Waals surface area contributed by atoms with Crippen LogP contribution in [0.2, 0.25) is 5.02 Å². The largest absolute Gasteiger partial charge is 0.357 e. The van der Waals surface area contributed by atoms with Gasteiger partial charge in [-0.15, -0.1) is 0 Å². The Kier molecular flexibility index (Phi) is 8.19. The van der Waals surface area contributed by atoms with Crippen molar-refractivity contribution in [1.29, 1.82) is 0 Å². The van der Waals surface area contributed by atoms with E-state index in [1.807, 2.05) is 17.0 Å². The molecule has 2 aliphatic heterocycles. The summed E-state index contributed by atoms with van der Waals surface area (Å²) in [5, 5.41) is 4.19. The van der Waals surface area contributed by atoms with Gasteiger partial charge in [-0.3, -0.25) is 14.7 Å². The standard InChI is InChI=1S/C22H34ClN5O/c1-3-24-22(25-11-10-19-6-8-20(23)9-7-19)28-16-14-26(15-17-28)18(2)21(29)27-12-4-5-13-27/h6-9,18H,3-5,10-17H2,1-2H3,(H,24,25). The van der Waals surface area contributed by atoms with Crippen molar-refractivity contribution in [3.05, 3.63) is 34.9 Å². The van der Waals surface area contributed by atoms with Crippen LogP contribution in [0.5, 0.6) is 0 Å². The lowest BCUT2D eigenvalue weighted by Crippen LogP contribution is -2.57. The Bertz CT molecular complexity index is 679. The maximum atomic E-state index is 12.7. The minimum atomic E-state index is -0.0281. The quantitative estimate of drug-likeness (QED) is 0.568. The lowest BCUT2D eigenvalue weighted by Gasteiger charge is -2.39. The average molecular weight is 420 g/mol. The first-order valence-electron chi connectivity index (χ1n) is 10.9. The molecule has 2 fully saturated rings. The molecule has 2 saturated heterocycles. The minimum absolute atomic E-state index is 0.0281. The number of likely N-dealkylation sites (tertiary alicyclic amines) is 1. The van der Waals surface area contributed by atoms with E-state index in [2.05, 4.69) is 41.1 Å². The van der Waals surface area contributed by atoms with Crippen LogP contribution in [-0.2, 0) is 11.2 Å². The van der Waals surface area contributed by atoms with Gasteiger partial charge in [-0.25, -0.2) is 0 Å². The van der Waals surface area contributed by atoms with Crippen molar-refractivity contribution in [3.8, 4) is 0 Å². The van der Waals surface area contributed by atoms with Crippen molar-refractivity contribution in [2.24, 2.45) is 4.99 Å². The second-order valence-corrected chi connectivity index (χ2v) is 8.28. The van der Waals surface area contributed by atoms with Crippen molar-refractivity contribution in [3.63, 3.8) is 0 Å². The van der Waals surface area contributed by atoms with Gasteiger partial charge in [0.25, 0.3) is 0 Å². The Balaban J connectivity index is 1.50. The molecule has 1 N–H and O–H groups in total. The molecule has 3 rings (SSSR count). The molecule has 29 heavy (non-hydrogen) atoms. The molecule has 1 aromatic rings. The van der Waals surface area contributed by atoms with Crippen LogP contribution in [0.3, 0.4) is 0 Å². The van der Waals surface area contributed by atoms with Crippen LogP contribution in [0.25, 0.3) is 0 Å². The minimum Gasteiger partial charge on any atom is -0.357 e. The first-order chi connectivity index (χ1) is 14.1. The van der Waals surface area contributed by atoms with Gasteiger partial charge in [0, 0.05) is 57.4 Å². The number of nitrogens with zero attached hydrogens (tertiary/aromatic N) is 4. The molecule has 1 aromatic carbocycles. The predicted octanol–water partition coefficient (Wildman–Crippen LogP) is 2.48. The van der Waals surface area contributed by atoms with E-state index in [-0.39, 0.29) is 6.04 Å². The smallest absolute Gasteiger partial charge is 0.239 e. The van der Waals surface area contributed by atoms with Gasteiger partial charge in [0.15, 0.2) is 5.96 Å². The number of guanidine groups is 1. The van der Waals surface area contributed by atoms with Crippen molar-refractivity contribution in [2.75, 3.05) is 52.4 Å². The van der Waals surface area contributed by atoms with E-state index in [0.29, 0.717) is 5.91 Å². The van der Waals surface area contributed by atoms with E-state index in [0.717, 1.165) is 82.6 Å². The molecule has 7 heteroatoms. The van der Waals surface area contributed by atoms with Crippen molar-refractivity contribution >= 4 is 23.5 Å². The molecule has 1 atom stereocenters. The van der Waals surface area contributed by atoms with Crippen LogP contribution in [0, 0.1) is 0 Å². The highest BCUT2D eigenvalue weighted by molar-refractivity contribution is 6.30.